The van der Waals surface area contributed by atoms with E-state index in [1.54, 1.807) is 20.2 Å². The number of nitriles is 1. The minimum absolute atomic E-state index is 0.00359. The topological polar surface area (TPSA) is 84.7 Å². The molecule has 2 aromatic carbocycles. The average Bonchev–Trinajstić information content (AvgIpc) is 2.79. The SMILES string of the molecule is CN(C)C(=O)C1CC2(C1)C(=O)N(c1ccc(C#N)cc1F)CC(=O)N2Cc1ccc(C(F)(F)F)cc1. The molecule has 2 aromatic rings. The fraction of sp³-hybridized carbons (Fsp3) is 0.360. The number of piperazine rings is 1. The lowest BCUT2D eigenvalue weighted by atomic mass is 9.64. The van der Waals surface area contributed by atoms with E-state index in [-0.39, 0.29) is 36.5 Å². The maximum Gasteiger partial charge on any atom is 0.416 e. The van der Waals surface area contributed by atoms with Crippen LogP contribution in [-0.2, 0) is 27.1 Å². The molecule has 2 aliphatic rings. The van der Waals surface area contributed by atoms with E-state index in [0.717, 1.165) is 23.1 Å². The summed E-state index contributed by atoms with van der Waals surface area (Å²) in [5.74, 6) is -2.73. The van der Waals surface area contributed by atoms with E-state index < -0.39 is 47.4 Å². The van der Waals surface area contributed by atoms with Gasteiger partial charge in [0.15, 0.2) is 0 Å². The summed E-state index contributed by atoms with van der Waals surface area (Å²) in [6, 6.07) is 9.62. The van der Waals surface area contributed by atoms with Crippen LogP contribution in [0.15, 0.2) is 42.5 Å². The number of rotatable bonds is 4. The normalized spacial score (nSPS) is 21.9. The van der Waals surface area contributed by atoms with Crippen LogP contribution in [0.3, 0.4) is 0 Å². The Kier molecular flexibility index (Phi) is 6.24. The molecule has 1 saturated carbocycles. The molecule has 0 bridgehead atoms. The predicted molar refractivity (Wildman–Crippen MR) is 120 cm³/mol. The van der Waals surface area contributed by atoms with Gasteiger partial charge in [-0.1, -0.05) is 12.1 Å². The van der Waals surface area contributed by atoms with Gasteiger partial charge < -0.3 is 9.80 Å². The molecule has 36 heavy (non-hydrogen) atoms. The van der Waals surface area contributed by atoms with Gasteiger partial charge in [-0.3, -0.25) is 19.3 Å². The Morgan fingerprint density at radius 3 is 2.31 bits per heavy atom. The molecule has 11 heteroatoms. The molecular weight excluding hydrogens is 480 g/mol. The van der Waals surface area contributed by atoms with Gasteiger partial charge in [0, 0.05) is 26.6 Å². The summed E-state index contributed by atoms with van der Waals surface area (Å²) in [6.45, 7) is -0.633. The van der Waals surface area contributed by atoms with E-state index in [4.69, 9.17) is 5.26 Å². The van der Waals surface area contributed by atoms with Gasteiger partial charge in [0.05, 0.1) is 22.9 Å². The zero-order chi connectivity index (χ0) is 26.4. The van der Waals surface area contributed by atoms with Crippen molar-refractivity contribution < 1.29 is 31.9 Å². The van der Waals surface area contributed by atoms with Crippen molar-refractivity contribution in [3.63, 3.8) is 0 Å². The second-order valence-corrected chi connectivity index (χ2v) is 9.21. The quantitative estimate of drug-likeness (QED) is 0.601. The monoisotopic (exact) mass is 502 g/mol. The third-order valence-electron chi connectivity index (χ3n) is 6.70. The van der Waals surface area contributed by atoms with Crippen molar-refractivity contribution in [2.24, 2.45) is 5.92 Å². The second kappa shape index (κ2) is 8.93. The molecule has 0 N–H and O–H groups in total. The first-order valence-electron chi connectivity index (χ1n) is 11.1. The highest BCUT2D eigenvalue weighted by molar-refractivity contribution is 6.10. The Hall–Kier alpha value is -3.94. The summed E-state index contributed by atoms with van der Waals surface area (Å²) in [6.07, 6.45) is -4.51. The van der Waals surface area contributed by atoms with Crippen LogP contribution in [0.5, 0.6) is 0 Å². The fourth-order valence-corrected chi connectivity index (χ4v) is 4.80. The first-order chi connectivity index (χ1) is 16.9. The van der Waals surface area contributed by atoms with E-state index >= 15 is 0 Å². The number of hydrogen-bond acceptors (Lipinski definition) is 4. The summed E-state index contributed by atoms with van der Waals surface area (Å²) < 4.78 is 53.6. The third-order valence-corrected chi connectivity index (χ3v) is 6.70. The maximum atomic E-state index is 14.8. The fourth-order valence-electron chi connectivity index (χ4n) is 4.80. The van der Waals surface area contributed by atoms with E-state index in [0.29, 0.717) is 5.56 Å². The van der Waals surface area contributed by atoms with Gasteiger partial charge in [-0.25, -0.2) is 4.39 Å². The molecule has 0 radical (unpaired) electrons. The van der Waals surface area contributed by atoms with Gasteiger partial charge in [-0.15, -0.1) is 0 Å². The molecule has 1 heterocycles. The number of nitrogens with zero attached hydrogens (tertiary/aromatic N) is 4. The summed E-state index contributed by atoms with van der Waals surface area (Å²) in [5.41, 5.74) is -2.03. The number of anilines is 1. The van der Waals surface area contributed by atoms with E-state index in [2.05, 4.69) is 0 Å². The number of alkyl halides is 3. The minimum atomic E-state index is -4.52. The molecule has 188 valence electrons. The van der Waals surface area contributed by atoms with Crippen LogP contribution in [-0.4, -0.2) is 53.7 Å². The highest BCUT2D eigenvalue weighted by atomic mass is 19.4. The van der Waals surface area contributed by atoms with Gasteiger partial charge in [0.2, 0.25) is 11.8 Å². The van der Waals surface area contributed by atoms with Crippen molar-refractivity contribution in [1.82, 2.24) is 9.80 Å². The average molecular weight is 502 g/mol. The second-order valence-electron chi connectivity index (χ2n) is 9.21. The van der Waals surface area contributed by atoms with Crippen molar-refractivity contribution in [3.05, 3.63) is 65.0 Å². The number of carbonyl (C=O) groups excluding carboxylic acids is 3. The molecule has 1 saturated heterocycles. The Balaban J connectivity index is 1.68. The Morgan fingerprint density at radius 2 is 1.78 bits per heavy atom. The van der Waals surface area contributed by atoms with Crippen LogP contribution in [0, 0.1) is 23.1 Å². The first-order valence-corrected chi connectivity index (χ1v) is 11.1. The van der Waals surface area contributed by atoms with E-state index in [9.17, 15) is 31.9 Å². The standard InChI is InChI=1S/C25H22F4N4O3/c1-31(2)22(35)17-10-24(11-17)23(36)32(20-8-5-16(12-30)9-19(20)26)14-21(34)33(24)13-15-3-6-18(7-4-15)25(27,28)29/h3-9,17H,10-11,13-14H2,1-2H3. The van der Waals surface area contributed by atoms with Gasteiger partial charge in [0.1, 0.15) is 17.9 Å². The smallest absolute Gasteiger partial charge is 0.349 e. The summed E-state index contributed by atoms with van der Waals surface area (Å²) in [7, 11) is 3.14. The van der Waals surface area contributed by atoms with Gasteiger partial charge >= 0.3 is 6.18 Å². The first kappa shape index (κ1) is 25.2. The van der Waals surface area contributed by atoms with Gasteiger partial charge in [-0.05, 0) is 48.7 Å². The molecule has 3 amide bonds. The van der Waals surface area contributed by atoms with Crippen LogP contribution < -0.4 is 4.90 Å². The number of amides is 3. The van der Waals surface area contributed by atoms with Crippen LogP contribution in [0.4, 0.5) is 23.2 Å². The van der Waals surface area contributed by atoms with Gasteiger partial charge in [-0.2, -0.15) is 18.4 Å². The predicted octanol–water partition coefficient (Wildman–Crippen LogP) is 3.33. The Labute approximate surface area is 204 Å². The molecule has 1 aliphatic heterocycles. The Bertz CT molecular complexity index is 1260. The van der Waals surface area contributed by atoms with Crippen LogP contribution >= 0.6 is 0 Å². The van der Waals surface area contributed by atoms with E-state index in [1.165, 1.54) is 34.1 Å². The lowest BCUT2D eigenvalue weighted by molar-refractivity contribution is -0.166. The van der Waals surface area contributed by atoms with Crippen molar-refractivity contribution in [2.75, 3.05) is 25.5 Å². The van der Waals surface area contributed by atoms with Crippen LogP contribution in [0.25, 0.3) is 0 Å². The maximum absolute atomic E-state index is 14.8. The van der Waals surface area contributed by atoms with Gasteiger partial charge in [0.25, 0.3) is 5.91 Å². The van der Waals surface area contributed by atoms with Crippen molar-refractivity contribution >= 4 is 23.4 Å². The molecule has 1 aliphatic carbocycles. The molecule has 0 atom stereocenters. The van der Waals surface area contributed by atoms with Crippen molar-refractivity contribution in [1.29, 1.82) is 5.26 Å². The number of hydrogen-bond donors (Lipinski definition) is 0. The van der Waals surface area contributed by atoms with Crippen molar-refractivity contribution in [2.45, 2.75) is 31.1 Å². The molecule has 0 unspecified atom stereocenters. The highest BCUT2D eigenvalue weighted by Gasteiger charge is 2.61. The van der Waals surface area contributed by atoms with E-state index in [1.807, 2.05) is 0 Å². The minimum Gasteiger partial charge on any atom is -0.349 e. The summed E-state index contributed by atoms with van der Waals surface area (Å²) in [4.78, 5) is 43.2. The zero-order valence-corrected chi connectivity index (χ0v) is 19.5. The third kappa shape index (κ3) is 4.27. The highest BCUT2D eigenvalue weighted by Crippen LogP contribution is 2.48. The zero-order valence-electron chi connectivity index (χ0n) is 19.5. The molecule has 0 aromatic heterocycles. The summed E-state index contributed by atoms with van der Waals surface area (Å²) in [5, 5.41) is 8.99. The molecule has 1 spiro atoms. The lowest BCUT2D eigenvalue weighted by Crippen LogP contribution is -2.73. The number of halogens is 4. The summed E-state index contributed by atoms with van der Waals surface area (Å²) >= 11 is 0. The number of carbonyl (C=O) groups is 3. The molecule has 2 fully saturated rings. The largest absolute Gasteiger partial charge is 0.416 e. The van der Waals surface area contributed by atoms with Crippen LogP contribution in [0.2, 0.25) is 0 Å². The molecule has 7 nitrogen and oxygen atoms in total. The van der Waals surface area contributed by atoms with Crippen molar-refractivity contribution in [3.8, 4) is 6.07 Å². The molecule has 4 rings (SSSR count). The van der Waals surface area contributed by atoms with Crippen LogP contribution in [0.1, 0.15) is 29.5 Å². The lowest BCUT2D eigenvalue weighted by Gasteiger charge is -2.56. The number of benzene rings is 2. The molecular formula is C25H22F4N4O3. The Morgan fingerprint density at radius 1 is 1.14 bits per heavy atom.